The average molecular weight is 1020 g/mol. The fourth-order valence-electron chi connectivity index (χ4n) is 8.21. The second-order valence-electron chi connectivity index (χ2n) is 18.2. The van der Waals surface area contributed by atoms with E-state index in [1.165, 1.54) is 11.8 Å². The average Bonchev–Trinajstić information content (AvgIpc) is 3.96. The largest absolute Gasteiger partial charge is 0.495 e. The lowest BCUT2D eigenvalue weighted by atomic mass is 10.0. The van der Waals surface area contributed by atoms with Crippen molar-refractivity contribution in [3.8, 4) is 34.0 Å². The minimum absolute atomic E-state index is 0.0184. The number of amides is 1. The molecule has 0 bridgehead atoms. The van der Waals surface area contributed by atoms with Crippen molar-refractivity contribution in [3.63, 3.8) is 0 Å². The minimum Gasteiger partial charge on any atom is -0.495 e. The number of nitrogens with two attached hydrogens (primary N) is 1. The Kier molecular flexibility index (Phi) is 15.7. The Labute approximate surface area is 429 Å². The number of halogens is 1. The number of aliphatic hydroxyl groups is 2. The monoisotopic (exact) mass is 1020 g/mol. The number of nitrogen functional groups attached to an aromatic ring is 1. The van der Waals surface area contributed by atoms with Gasteiger partial charge in [-0.3, -0.25) is 28.1 Å². The van der Waals surface area contributed by atoms with E-state index in [0.717, 1.165) is 22.0 Å². The lowest BCUT2D eigenvalue weighted by Gasteiger charge is -2.17. The molecule has 0 saturated heterocycles. The summed E-state index contributed by atoms with van der Waals surface area (Å²) in [5.74, 6) is -0.451. The highest BCUT2D eigenvalue weighted by Gasteiger charge is 2.24. The number of aromatic carboxylic acids is 1. The van der Waals surface area contributed by atoms with Crippen molar-refractivity contribution in [3.05, 3.63) is 166 Å². The van der Waals surface area contributed by atoms with E-state index in [1.807, 2.05) is 72.8 Å². The number of ether oxygens (including phenoxy) is 2. The molecule has 10 rings (SSSR count). The number of hydrogen-bond acceptors (Lipinski definition) is 13. The summed E-state index contributed by atoms with van der Waals surface area (Å²) in [6, 6.07) is 39.8. The molecule has 19 nitrogen and oxygen atoms in total. The molecule has 4 heterocycles. The molecule has 75 heavy (non-hydrogen) atoms. The second-order valence-corrected chi connectivity index (χ2v) is 18.2. The number of carbonyl (C=O) groups is 2. The van der Waals surface area contributed by atoms with E-state index in [0.29, 0.717) is 66.7 Å². The molecule has 0 unspecified atom stereocenters. The van der Waals surface area contributed by atoms with Crippen molar-refractivity contribution in [2.24, 2.45) is 0 Å². The van der Waals surface area contributed by atoms with Gasteiger partial charge in [-0.05, 0) is 76.2 Å². The number of H-pyrrole nitrogens is 2. The molecule has 0 aliphatic carbocycles. The fourth-order valence-corrected chi connectivity index (χ4v) is 8.21. The molecule has 20 heteroatoms. The zero-order chi connectivity index (χ0) is 54.9. The standard InChI is InChI=1S/C27H25N5O4.C15H13N3O2.C12H14N2O3.CH3F/c1-27(2,35)15-32-21-11-7-6-10-19(21)24(31-32)26(34)28-20-13-12-16(14-22(20)36-3)23-17-8-4-5-9-18(17)25(33)30-29-23;1-20-13-8-9(6-7-12(13)16)14-10-4-2-3-5-11(10)15(19)18-17-14;1-12(2,17)7-14-9-6-4-3-5-8(9)10(13-14)11(15)16;1-2/h4-14,35H,15H2,1-3H3,(H,28,34)(H,30,33);2-8H,16H2,1H3,(H,18,19);3-6,17H,7H2,1-2H3,(H,15,16);1H3/i;;;1D. The normalized spacial score (nSPS) is 11.4. The van der Waals surface area contributed by atoms with Gasteiger partial charge in [-0.2, -0.15) is 20.4 Å². The van der Waals surface area contributed by atoms with Crippen LogP contribution in [0.3, 0.4) is 0 Å². The number of alkyl halides is 1. The molecule has 0 fully saturated rings. The van der Waals surface area contributed by atoms with Gasteiger partial charge in [-0.25, -0.2) is 15.0 Å². The maximum absolute atomic E-state index is 13.3. The number of methoxy groups -OCH3 is 2. The lowest BCUT2D eigenvalue weighted by Crippen LogP contribution is -2.27. The number of anilines is 2. The van der Waals surface area contributed by atoms with Crippen LogP contribution < -0.4 is 31.6 Å². The second kappa shape index (κ2) is 22.7. The highest BCUT2D eigenvalue weighted by molar-refractivity contribution is 6.12. The van der Waals surface area contributed by atoms with Crippen LogP contribution in [0.1, 0.15) is 50.0 Å². The highest BCUT2D eigenvalue weighted by atomic mass is 19.1. The summed E-state index contributed by atoms with van der Waals surface area (Å²) < 4.78 is 29.4. The van der Waals surface area contributed by atoms with Gasteiger partial charge in [0.25, 0.3) is 17.0 Å². The summed E-state index contributed by atoms with van der Waals surface area (Å²) in [5.41, 5.74) is 9.00. The van der Waals surface area contributed by atoms with Crippen LogP contribution in [0.25, 0.3) is 65.9 Å². The number of hydrogen-bond donors (Lipinski definition) is 7. The van der Waals surface area contributed by atoms with Crippen LogP contribution in [-0.4, -0.2) is 99.7 Å². The fraction of sp³-hybridized carbons (Fsp3) is 0.200. The van der Waals surface area contributed by atoms with Gasteiger partial charge in [-0.1, -0.05) is 84.9 Å². The van der Waals surface area contributed by atoms with Crippen LogP contribution in [0.5, 0.6) is 11.5 Å². The quantitative estimate of drug-likeness (QED) is 0.0601. The summed E-state index contributed by atoms with van der Waals surface area (Å²) in [4.78, 5) is 48.3. The molecular formula is C55H55FN10O9. The molecule has 1 amide bonds. The van der Waals surface area contributed by atoms with E-state index >= 15 is 0 Å². The van der Waals surface area contributed by atoms with Gasteiger partial charge < -0.3 is 35.8 Å². The molecular weight excluding hydrogens is 964 g/mol. The molecule has 386 valence electrons. The van der Waals surface area contributed by atoms with Gasteiger partial charge in [0.1, 0.15) is 11.5 Å². The number of rotatable bonds is 11. The molecule has 0 saturated carbocycles. The third kappa shape index (κ3) is 12.2. The Bertz CT molecular complexity index is 3840. The van der Waals surface area contributed by atoms with E-state index in [4.69, 9.17) is 21.7 Å². The van der Waals surface area contributed by atoms with Crippen LogP contribution in [0.15, 0.2) is 143 Å². The highest BCUT2D eigenvalue weighted by Crippen LogP contribution is 2.34. The Balaban J connectivity index is 0.000000177. The maximum atomic E-state index is 13.3. The summed E-state index contributed by atoms with van der Waals surface area (Å²) in [6.45, 7) is 7.18. The third-order valence-corrected chi connectivity index (χ3v) is 11.4. The van der Waals surface area contributed by atoms with E-state index in [1.54, 1.807) is 100 Å². The number of fused-ring (bicyclic) bond motifs is 4. The van der Waals surface area contributed by atoms with E-state index < -0.39 is 30.2 Å². The van der Waals surface area contributed by atoms with Crippen molar-refractivity contribution >= 4 is 66.6 Å². The molecule has 4 aromatic heterocycles. The van der Waals surface area contributed by atoms with Crippen molar-refractivity contribution in [2.45, 2.75) is 52.0 Å². The van der Waals surface area contributed by atoms with Crippen LogP contribution in [0, 0.1) is 0 Å². The summed E-state index contributed by atoms with van der Waals surface area (Å²) >= 11 is 0. The zero-order valence-electron chi connectivity index (χ0n) is 42.8. The predicted molar refractivity (Wildman–Crippen MR) is 287 cm³/mol. The SMILES string of the molecule is CC(C)(O)Cn1nc(C(=O)O)c2ccccc21.COc1cc(-c2n[nH]c(=O)c3ccccc23)ccc1N.COc1cc(-c2n[nH]c(=O)c3ccccc23)ccc1NC(=O)c1nn(CC(C)(C)O)c2ccccc12.[2H]CF. The number of carbonyl (C=O) groups excluding carboxylic acids is 1. The molecule has 0 spiro atoms. The topological polar surface area (TPSA) is 278 Å². The van der Waals surface area contributed by atoms with Gasteiger partial charge >= 0.3 is 5.97 Å². The lowest BCUT2D eigenvalue weighted by molar-refractivity contribution is 0.0575. The van der Waals surface area contributed by atoms with E-state index in [2.05, 4.69) is 35.9 Å². The van der Waals surface area contributed by atoms with Crippen molar-refractivity contribution in [1.29, 1.82) is 0 Å². The van der Waals surface area contributed by atoms with Crippen LogP contribution in [0.2, 0.25) is 0 Å². The van der Waals surface area contributed by atoms with Gasteiger partial charge in [-0.15, -0.1) is 0 Å². The Hall–Kier alpha value is -9.27. The smallest absolute Gasteiger partial charge is 0.357 e. The number of benzene rings is 6. The first-order valence-electron chi connectivity index (χ1n) is 23.8. The van der Waals surface area contributed by atoms with Crippen LogP contribution in [-0.2, 0) is 13.1 Å². The number of carboxylic acid groups (broad SMARTS) is 1. The predicted octanol–water partition coefficient (Wildman–Crippen LogP) is 8.24. The summed E-state index contributed by atoms with van der Waals surface area (Å²) in [7, 11) is 2.08. The summed E-state index contributed by atoms with van der Waals surface area (Å²) in [5, 5.41) is 57.9. The molecule has 0 aliphatic rings. The summed E-state index contributed by atoms with van der Waals surface area (Å²) in [6.07, 6.45) is 0. The van der Waals surface area contributed by atoms with Crippen molar-refractivity contribution < 1.29 is 40.1 Å². The van der Waals surface area contributed by atoms with Gasteiger partial charge in [0.15, 0.2) is 11.4 Å². The van der Waals surface area contributed by atoms with Crippen molar-refractivity contribution in [2.75, 3.05) is 32.4 Å². The molecule has 0 aliphatic heterocycles. The van der Waals surface area contributed by atoms with E-state index in [-0.39, 0.29) is 35.6 Å². The van der Waals surface area contributed by atoms with Gasteiger partial charge in [0, 0.05) is 32.7 Å². The number of nitrogens with one attached hydrogen (secondary N) is 3. The molecule has 10 aromatic rings. The number of aromatic amines is 2. The minimum atomic E-state index is -1.06. The number of aromatic nitrogens is 8. The first-order valence-corrected chi connectivity index (χ1v) is 23.1. The van der Waals surface area contributed by atoms with Crippen LogP contribution in [0.4, 0.5) is 15.8 Å². The molecule has 0 radical (unpaired) electrons. The van der Waals surface area contributed by atoms with Gasteiger partial charge in [0.05, 0.1) is 91.6 Å². The maximum Gasteiger partial charge on any atom is 0.357 e. The first kappa shape index (κ1) is 52.1. The van der Waals surface area contributed by atoms with Crippen molar-refractivity contribution in [1.82, 2.24) is 40.0 Å². The number of para-hydroxylation sites is 2. The number of nitrogens with zero attached hydrogens (tertiary/aromatic N) is 6. The molecule has 0 atom stereocenters. The van der Waals surface area contributed by atoms with E-state index in [9.17, 15) is 33.8 Å². The Morgan fingerprint density at radius 3 is 1.49 bits per heavy atom. The van der Waals surface area contributed by atoms with Gasteiger partial charge in [0.2, 0.25) is 0 Å². The van der Waals surface area contributed by atoms with Crippen LogP contribution >= 0.6 is 0 Å². The molecule has 8 N–H and O–H groups in total. The number of carboxylic acids is 1. The Morgan fingerprint density at radius 1 is 0.640 bits per heavy atom. The molecule has 6 aromatic carbocycles. The first-order chi connectivity index (χ1) is 36.2. The zero-order valence-corrected chi connectivity index (χ0v) is 41.8. The third-order valence-electron chi connectivity index (χ3n) is 11.4. The Morgan fingerprint density at radius 2 is 1.04 bits per heavy atom.